The highest BCUT2D eigenvalue weighted by Crippen LogP contribution is 2.28. The van der Waals surface area contributed by atoms with E-state index in [0.29, 0.717) is 22.9 Å². The van der Waals surface area contributed by atoms with Crippen molar-refractivity contribution in [1.82, 2.24) is 20.0 Å². The summed E-state index contributed by atoms with van der Waals surface area (Å²) in [7, 11) is 1.99. The van der Waals surface area contributed by atoms with Gasteiger partial charge in [0.2, 0.25) is 0 Å². The van der Waals surface area contributed by atoms with E-state index in [1.54, 1.807) is 4.68 Å². The normalized spacial score (nSPS) is 14.5. The third kappa shape index (κ3) is 4.77. The first-order chi connectivity index (χ1) is 14.2. The van der Waals surface area contributed by atoms with Crippen LogP contribution in [0.15, 0.2) is 53.1 Å². The van der Waals surface area contributed by atoms with Crippen LogP contribution in [0.5, 0.6) is 0 Å². The molecule has 3 heterocycles. The zero-order chi connectivity index (χ0) is 20.2. The molecule has 0 unspecified atom stereocenters. The van der Waals surface area contributed by atoms with Gasteiger partial charge in [-0.1, -0.05) is 18.2 Å². The number of para-hydroxylation sites is 1. The van der Waals surface area contributed by atoms with Gasteiger partial charge >= 0.3 is 0 Å². The Labute approximate surface area is 183 Å². The molecule has 4 rings (SSSR count). The van der Waals surface area contributed by atoms with Crippen LogP contribution in [-0.2, 0) is 0 Å². The molecule has 1 N–H and O–H groups in total. The lowest BCUT2D eigenvalue weighted by atomic mass is 9.93. The lowest BCUT2D eigenvalue weighted by Crippen LogP contribution is -2.39. The fraction of sp³-hybridized carbons (Fsp3) is 0.391. The first-order valence-electron chi connectivity index (χ1n) is 10.3. The zero-order valence-electron chi connectivity index (χ0n) is 17.5. The van der Waals surface area contributed by atoms with Crippen LogP contribution in [0.3, 0.4) is 0 Å². The molecule has 1 saturated heterocycles. The number of piperidine rings is 1. The maximum Gasteiger partial charge on any atom is 0.257 e. The van der Waals surface area contributed by atoms with Gasteiger partial charge in [0.05, 0.1) is 11.3 Å². The molecule has 3 aromatic rings. The molecule has 30 heavy (non-hydrogen) atoms. The second kappa shape index (κ2) is 9.96. The van der Waals surface area contributed by atoms with Gasteiger partial charge in [0.1, 0.15) is 11.5 Å². The fourth-order valence-corrected chi connectivity index (χ4v) is 3.93. The van der Waals surface area contributed by atoms with Crippen molar-refractivity contribution in [3.05, 3.63) is 60.0 Å². The highest BCUT2D eigenvalue weighted by atomic mass is 35.5. The van der Waals surface area contributed by atoms with Crippen LogP contribution in [0, 0.1) is 12.8 Å². The summed E-state index contributed by atoms with van der Waals surface area (Å²) < 4.78 is 7.57. The van der Waals surface area contributed by atoms with Gasteiger partial charge in [0.25, 0.3) is 5.91 Å². The van der Waals surface area contributed by atoms with Crippen molar-refractivity contribution in [2.24, 2.45) is 5.92 Å². The Bertz CT molecular complexity index is 959. The topological polar surface area (TPSA) is 63.3 Å². The van der Waals surface area contributed by atoms with Crippen molar-refractivity contribution in [2.45, 2.75) is 26.2 Å². The van der Waals surface area contributed by atoms with E-state index in [1.807, 2.05) is 67.5 Å². The summed E-state index contributed by atoms with van der Waals surface area (Å²) in [5.74, 6) is 2.15. The minimum absolute atomic E-state index is 0. The van der Waals surface area contributed by atoms with E-state index in [-0.39, 0.29) is 18.3 Å². The Morgan fingerprint density at radius 3 is 2.53 bits per heavy atom. The summed E-state index contributed by atoms with van der Waals surface area (Å²) in [4.78, 5) is 15.3. The Hall–Kier alpha value is -2.57. The minimum Gasteiger partial charge on any atom is -0.460 e. The monoisotopic (exact) mass is 428 g/mol. The van der Waals surface area contributed by atoms with Gasteiger partial charge in [-0.15, -0.1) is 12.4 Å². The summed E-state index contributed by atoms with van der Waals surface area (Å²) in [6.07, 6.45) is 5.10. The molecule has 1 aromatic carbocycles. The predicted molar refractivity (Wildman–Crippen MR) is 120 cm³/mol. The number of nitrogens with zero attached hydrogens (tertiary/aromatic N) is 3. The van der Waals surface area contributed by atoms with Crippen molar-refractivity contribution >= 4 is 18.3 Å². The number of nitrogens with one attached hydrogen (secondary N) is 1. The summed E-state index contributed by atoms with van der Waals surface area (Å²) in [6, 6.07) is 13.6. The van der Waals surface area contributed by atoms with Crippen LogP contribution in [0.2, 0.25) is 0 Å². The second-order valence-electron chi connectivity index (χ2n) is 7.71. The molecule has 1 aliphatic rings. The van der Waals surface area contributed by atoms with Crippen molar-refractivity contribution < 1.29 is 9.21 Å². The maximum absolute atomic E-state index is 13.4. The molecule has 2 aromatic heterocycles. The Kier molecular flexibility index (Phi) is 7.34. The molecule has 0 saturated carbocycles. The quantitative estimate of drug-likeness (QED) is 0.634. The van der Waals surface area contributed by atoms with Crippen LogP contribution in [0.1, 0.15) is 35.4 Å². The molecule has 0 atom stereocenters. The molecule has 0 radical (unpaired) electrons. The molecule has 0 aliphatic carbocycles. The van der Waals surface area contributed by atoms with E-state index < -0.39 is 0 Å². The van der Waals surface area contributed by atoms with Gasteiger partial charge in [-0.3, -0.25) is 4.79 Å². The molecule has 0 bridgehead atoms. The largest absolute Gasteiger partial charge is 0.460 e. The number of rotatable bonds is 6. The number of halogens is 1. The van der Waals surface area contributed by atoms with E-state index in [9.17, 15) is 4.79 Å². The number of aryl methyl sites for hydroxylation is 1. The third-order valence-electron chi connectivity index (χ3n) is 5.64. The number of furan rings is 1. The number of benzene rings is 1. The second-order valence-corrected chi connectivity index (χ2v) is 7.71. The van der Waals surface area contributed by atoms with Crippen LogP contribution in [-0.4, -0.2) is 47.3 Å². The van der Waals surface area contributed by atoms with Gasteiger partial charge in [-0.2, -0.15) is 5.10 Å². The average Bonchev–Trinajstić information content (AvgIpc) is 3.39. The SMILES string of the molecule is CNCCC1CCN(C(=O)c2cn(-c3ccccc3)nc2-c2ccc(C)o2)CC1.Cl. The molecular weight excluding hydrogens is 400 g/mol. The summed E-state index contributed by atoms with van der Waals surface area (Å²) in [5, 5.41) is 7.92. The van der Waals surface area contributed by atoms with E-state index in [1.165, 1.54) is 6.42 Å². The fourth-order valence-electron chi connectivity index (χ4n) is 3.93. The van der Waals surface area contributed by atoms with Crippen molar-refractivity contribution in [3.63, 3.8) is 0 Å². The van der Waals surface area contributed by atoms with Gasteiger partial charge < -0.3 is 14.6 Å². The Balaban J connectivity index is 0.00000256. The molecule has 0 spiro atoms. The van der Waals surface area contributed by atoms with Gasteiger partial charge in [0, 0.05) is 19.3 Å². The number of carbonyl (C=O) groups is 1. The number of likely N-dealkylation sites (tertiary alicyclic amines) is 1. The smallest absolute Gasteiger partial charge is 0.257 e. The van der Waals surface area contributed by atoms with Crippen molar-refractivity contribution in [2.75, 3.05) is 26.7 Å². The number of amides is 1. The average molecular weight is 429 g/mol. The van der Waals surface area contributed by atoms with E-state index in [0.717, 1.165) is 43.9 Å². The first-order valence-corrected chi connectivity index (χ1v) is 10.3. The van der Waals surface area contributed by atoms with Crippen LogP contribution < -0.4 is 5.32 Å². The Morgan fingerprint density at radius 2 is 1.90 bits per heavy atom. The van der Waals surface area contributed by atoms with Gasteiger partial charge in [-0.05, 0) is 70.0 Å². The standard InChI is InChI=1S/C23H28N4O2.ClH/c1-17-8-9-21(29-17)22-20(16-27(25-22)19-6-4-3-5-7-19)23(28)26-14-11-18(12-15-26)10-13-24-2;/h3-9,16,18,24H,10-15H2,1-2H3;1H. The lowest BCUT2D eigenvalue weighted by Gasteiger charge is -2.32. The molecule has 6 nitrogen and oxygen atoms in total. The number of carbonyl (C=O) groups excluding carboxylic acids is 1. The molecule has 1 fully saturated rings. The van der Waals surface area contributed by atoms with Crippen LogP contribution in [0.4, 0.5) is 0 Å². The molecule has 1 amide bonds. The van der Waals surface area contributed by atoms with Gasteiger partial charge in [-0.25, -0.2) is 4.68 Å². The highest BCUT2D eigenvalue weighted by Gasteiger charge is 2.28. The lowest BCUT2D eigenvalue weighted by molar-refractivity contribution is 0.0687. The molecule has 7 heteroatoms. The molecular formula is C23H29ClN4O2. The van der Waals surface area contributed by atoms with Crippen LogP contribution >= 0.6 is 12.4 Å². The maximum atomic E-state index is 13.4. The van der Waals surface area contributed by atoms with E-state index >= 15 is 0 Å². The number of aromatic nitrogens is 2. The highest BCUT2D eigenvalue weighted by molar-refractivity contribution is 5.99. The summed E-state index contributed by atoms with van der Waals surface area (Å²) in [6.45, 7) is 4.51. The third-order valence-corrected chi connectivity index (χ3v) is 5.64. The summed E-state index contributed by atoms with van der Waals surface area (Å²) in [5.41, 5.74) is 2.11. The summed E-state index contributed by atoms with van der Waals surface area (Å²) >= 11 is 0. The number of hydrogen-bond donors (Lipinski definition) is 1. The molecule has 1 aliphatic heterocycles. The predicted octanol–water partition coefficient (Wildman–Crippen LogP) is 4.32. The molecule has 160 valence electrons. The van der Waals surface area contributed by atoms with Gasteiger partial charge in [0.15, 0.2) is 5.76 Å². The van der Waals surface area contributed by atoms with Crippen LogP contribution in [0.25, 0.3) is 17.1 Å². The first kappa shape index (κ1) is 22.1. The van der Waals surface area contributed by atoms with E-state index in [4.69, 9.17) is 9.52 Å². The van der Waals surface area contributed by atoms with E-state index in [2.05, 4.69) is 5.32 Å². The van der Waals surface area contributed by atoms with Crippen molar-refractivity contribution in [3.8, 4) is 17.1 Å². The Morgan fingerprint density at radius 1 is 1.17 bits per heavy atom. The zero-order valence-corrected chi connectivity index (χ0v) is 18.3. The minimum atomic E-state index is 0. The number of hydrogen-bond acceptors (Lipinski definition) is 4. The van der Waals surface area contributed by atoms with Crippen molar-refractivity contribution in [1.29, 1.82) is 0 Å².